The lowest BCUT2D eigenvalue weighted by atomic mass is 10.1. The van der Waals surface area contributed by atoms with Crippen molar-refractivity contribution in [3.05, 3.63) is 70.2 Å². The molecule has 0 heterocycles. The molecule has 0 atom stereocenters. The van der Waals surface area contributed by atoms with Gasteiger partial charge in [0.05, 0.1) is 0 Å². The van der Waals surface area contributed by atoms with Crippen molar-refractivity contribution in [2.24, 2.45) is 0 Å². The first kappa shape index (κ1) is 12.6. The molecule has 0 amide bonds. The Hall–Kier alpha value is -1.87. The van der Waals surface area contributed by atoms with Crippen LogP contribution in [-0.2, 0) is 0 Å². The summed E-state index contributed by atoms with van der Waals surface area (Å²) in [5, 5.41) is 0. The molecule has 0 saturated carbocycles. The normalized spacial score (nSPS) is 10.7. The summed E-state index contributed by atoms with van der Waals surface area (Å²) in [6.07, 6.45) is 3.34. The van der Waals surface area contributed by atoms with Gasteiger partial charge in [0.1, 0.15) is 0 Å². The molecule has 0 unspecified atom stereocenters. The molecule has 0 fully saturated rings. The summed E-state index contributed by atoms with van der Waals surface area (Å²) in [4.78, 5) is 11.9. The van der Waals surface area contributed by atoms with E-state index in [-0.39, 0.29) is 5.78 Å². The summed E-state index contributed by atoms with van der Waals surface area (Å²) < 4.78 is 1.02. The van der Waals surface area contributed by atoms with Crippen LogP contribution in [0, 0.1) is 0 Å². The van der Waals surface area contributed by atoms with Crippen LogP contribution in [0.1, 0.15) is 15.9 Å². The standard InChI is InChI=1S/C15H12BrNO/c16-13-7-4-11(5-8-13)6-9-15(18)12-2-1-3-14(17)10-12/h1-10H,17H2. The number of anilines is 1. The molecule has 3 heteroatoms. The van der Waals surface area contributed by atoms with E-state index < -0.39 is 0 Å². The largest absolute Gasteiger partial charge is 0.399 e. The fourth-order valence-electron chi connectivity index (χ4n) is 1.53. The van der Waals surface area contributed by atoms with Gasteiger partial charge in [-0.25, -0.2) is 0 Å². The minimum absolute atomic E-state index is 0.0507. The first-order chi connectivity index (χ1) is 8.65. The lowest BCUT2D eigenvalue weighted by Crippen LogP contribution is -1.95. The van der Waals surface area contributed by atoms with Gasteiger partial charge in [0.15, 0.2) is 5.78 Å². The van der Waals surface area contributed by atoms with Gasteiger partial charge in [-0.05, 0) is 35.9 Å². The first-order valence-electron chi connectivity index (χ1n) is 5.49. The SMILES string of the molecule is Nc1cccc(C(=O)C=Cc2ccc(Br)cc2)c1. The third-order valence-corrected chi connectivity index (χ3v) is 3.00. The van der Waals surface area contributed by atoms with Gasteiger partial charge in [-0.2, -0.15) is 0 Å². The number of allylic oxidation sites excluding steroid dienone is 1. The van der Waals surface area contributed by atoms with Gasteiger partial charge >= 0.3 is 0 Å². The van der Waals surface area contributed by atoms with Gasteiger partial charge in [-0.3, -0.25) is 4.79 Å². The lowest BCUT2D eigenvalue weighted by molar-refractivity contribution is 0.104. The number of ketones is 1. The number of nitrogens with two attached hydrogens (primary N) is 1. The summed E-state index contributed by atoms with van der Waals surface area (Å²) in [5.41, 5.74) is 7.82. The van der Waals surface area contributed by atoms with E-state index >= 15 is 0 Å². The molecule has 0 spiro atoms. The molecular weight excluding hydrogens is 290 g/mol. The van der Waals surface area contributed by atoms with Gasteiger partial charge in [0.25, 0.3) is 0 Å². The highest BCUT2D eigenvalue weighted by Crippen LogP contribution is 2.13. The van der Waals surface area contributed by atoms with Crippen molar-refractivity contribution in [3.63, 3.8) is 0 Å². The van der Waals surface area contributed by atoms with E-state index in [9.17, 15) is 4.79 Å². The molecule has 0 saturated heterocycles. The molecule has 2 aromatic rings. The fraction of sp³-hybridized carbons (Fsp3) is 0. The summed E-state index contributed by atoms with van der Waals surface area (Å²) in [5.74, 6) is -0.0507. The Labute approximate surface area is 114 Å². The smallest absolute Gasteiger partial charge is 0.185 e. The summed E-state index contributed by atoms with van der Waals surface area (Å²) in [6.45, 7) is 0. The van der Waals surface area contributed by atoms with Crippen LogP contribution in [0.5, 0.6) is 0 Å². The van der Waals surface area contributed by atoms with Crippen LogP contribution < -0.4 is 5.73 Å². The summed E-state index contributed by atoms with van der Waals surface area (Å²) >= 11 is 3.37. The Morgan fingerprint density at radius 2 is 1.83 bits per heavy atom. The molecule has 2 rings (SSSR count). The molecule has 2 nitrogen and oxygen atoms in total. The van der Waals surface area contributed by atoms with Crippen molar-refractivity contribution in [1.29, 1.82) is 0 Å². The monoisotopic (exact) mass is 301 g/mol. The van der Waals surface area contributed by atoms with Crippen molar-refractivity contribution in [3.8, 4) is 0 Å². The molecule has 90 valence electrons. The van der Waals surface area contributed by atoms with Crippen molar-refractivity contribution >= 4 is 33.5 Å². The van der Waals surface area contributed by atoms with Crippen molar-refractivity contribution in [1.82, 2.24) is 0 Å². The molecule has 2 N–H and O–H groups in total. The van der Waals surface area contributed by atoms with Gasteiger partial charge in [-0.15, -0.1) is 0 Å². The van der Waals surface area contributed by atoms with E-state index in [1.165, 1.54) is 0 Å². The number of nitrogen functional groups attached to an aromatic ring is 1. The predicted molar refractivity (Wildman–Crippen MR) is 78.4 cm³/mol. The number of rotatable bonds is 3. The Kier molecular flexibility index (Phi) is 3.95. The molecule has 0 aromatic heterocycles. The Morgan fingerprint density at radius 3 is 2.50 bits per heavy atom. The van der Waals surface area contributed by atoms with Crippen LogP contribution in [0.4, 0.5) is 5.69 Å². The average molecular weight is 302 g/mol. The number of halogens is 1. The van der Waals surface area contributed by atoms with E-state index in [4.69, 9.17) is 5.73 Å². The van der Waals surface area contributed by atoms with Crippen molar-refractivity contribution in [2.45, 2.75) is 0 Å². The second kappa shape index (κ2) is 5.65. The van der Waals surface area contributed by atoms with E-state index in [2.05, 4.69) is 15.9 Å². The zero-order valence-electron chi connectivity index (χ0n) is 9.64. The number of hydrogen-bond acceptors (Lipinski definition) is 2. The highest BCUT2D eigenvalue weighted by molar-refractivity contribution is 9.10. The van der Waals surface area contributed by atoms with E-state index in [1.807, 2.05) is 24.3 Å². The van der Waals surface area contributed by atoms with Gasteiger partial charge < -0.3 is 5.73 Å². The first-order valence-corrected chi connectivity index (χ1v) is 6.28. The molecule has 0 radical (unpaired) electrons. The molecule has 0 aliphatic carbocycles. The van der Waals surface area contributed by atoms with Crippen LogP contribution in [0.15, 0.2) is 59.1 Å². The topological polar surface area (TPSA) is 43.1 Å². The van der Waals surface area contributed by atoms with E-state index in [0.29, 0.717) is 11.3 Å². The van der Waals surface area contributed by atoms with Crippen molar-refractivity contribution in [2.75, 3.05) is 5.73 Å². The fourth-order valence-corrected chi connectivity index (χ4v) is 1.80. The number of hydrogen-bond donors (Lipinski definition) is 1. The van der Waals surface area contributed by atoms with Gasteiger partial charge in [-0.1, -0.05) is 46.3 Å². The van der Waals surface area contributed by atoms with Crippen LogP contribution in [-0.4, -0.2) is 5.78 Å². The Morgan fingerprint density at radius 1 is 1.11 bits per heavy atom. The maximum Gasteiger partial charge on any atom is 0.185 e. The average Bonchev–Trinajstić information content (AvgIpc) is 2.38. The molecule has 18 heavy (non-hydrogen) atoms. The third kappa shape index (κ3) is 3.31. The quantitative estimate of drug-likeness (QED) is 0.530. The predicted octanol–water partition coefficient (Wildman–Crippen LogP) is 3.93. The Balaban J connectivity index is 2.14. The minimum Gasteiger partial charge on any atom is -0.399 e. The highest BCUT2D eigenvalue weighted by Gasteiger charge is 2.01. The molecule has 2 aromatic carbocycles. The zero-order chi connectivity index (χ0) is 13.0. The minimum atomic E-state index is -0.0507. The second-order valence-corrected chi connectivity index (χ2v) is 4.79. The molecule has 0 aliphatic heterocycles. The highest BCUT2D eigenvalue weighted by atomic mass is 79.9. The van der Waals surface area contributed by atoms with Crippen LogP contribution >= 0.6 is 15.9 Å². The van der Waals surface area contributed by atoms with Gasteiger partial charge in [0, 0.05) is 15.7 Å². The second-order valence-electron chi connectivity index (χ2n) is 3.87. The number of carbonyl (C=O) groups excluding carboxylic acids is 1. The summed E-state index contributed by atoms with van der Waals surface area (Å²) in [6, 6.07) is 14.7. The van der Waals surface area contributed by atoms with Gasteiger partial charge in [0.2, 0.25) is 0 Å². The summed E-state index contributed by atoms with van der Waals surface area (Å²) in [7, 11) is 0. The Bertz CT molecular complexity index is 588. The lowest BCUT2D eigenvalue weighted by Gasteiger charge is -1.98. The zero-order valence-corrected chi connectivity index (χ0v) is 11.2. The number of benzene rings is 2. The van der Waals surface area contributed by atoms with Crippen molar-refractivity contribution < 1.29 is 4.79 Å². The van der Waals surface area contributed by atoms with E-state index in [0.717, 1.165) is 10.0 Å². The molecule has 0 bridgehead atoms. The number of carbonyl (C=O) groups is 1. The van der Waals surface area contributed by atoms with Crippen LogP contribution in [0.25, 0.3) is 6.08 Å². The third-order valence-electron chi connectivity index (χ3n) is 2.47. The van der Waals surface area contributed by atoms with Crippen LogP contribution in [0.3, 0.4) is 0 Å². The molecule has 0 aliphatic rings. The maximum atomic E-state index is 11.9. The maximum absolute atomic E-state index is 11.9. The van der Waals surface area contributed by atoms with E-state index in [1.54, 1.807) is 36.4 Å². The molecular formula is C15H12BrNO. The van der Waals surface area contributed by atoms with Crippen LogP contribution in [0.2, 0.25) is 0 Å².